The van der Waals surface area contributed by atoms with E-state index in [4.69, 9.17) is 0 Å². The van der Waals surface area contributed by atoms with E-state index in [0.717, 1.165) is 25.2 Å². The molecule has 0 aromatic heterocycles. The fraction of sp³-hybridized carbons (Fsp3) is 0.889. The first-order chi connectivity index (χ1) is 14.0. The van der Waals surface area contributed by atoms with Crippen LogP contribution in [-0.2, 0) is 4.79 Å². The van der Waals surface area contributed by atoms with Crippen molar-refractivity contribution >= 4 is 5.78 Å². The standard InChI is InChI=1S/C27H44O3/c1-17(7-6-12-25(2,3)30)20-8-9-21-24-22(11-14-27(20,21)5)26(4)13-10-19(28)15-18(26)16-23(24)29/h15,17,20-24,29-30H,6-14,16H2,1-5H3. The van der Waals surface area contributed by atoms with Crippen molar-refractivity contribution in [3.05, 3.63) is 11.6 Å². The van der Waals surface area contributed by atoms with Crippen LogP contribution in [0.1, 0.15) is 98.8 Å². The van der Waals surface area contributed by atoms with E-state index in [1.807, 2.05) is 19.9 Å². The molecular formula is C27H44O3. The van der Waals surface area contributed by atoms with E-state index in [-0.39, 0.29) is 17.3 Å². The lowest BCUT2D eigenvalue weighted by Crippen LogP contribution is -2.55. The molecule has 0 bridgehead atoms. The summed E-state index contributed by atoms with van der Waals surface area (Å²) >= 11 is 0. The van der Waals surface area contributed by atoms with Crippen LogP contribution in [0.3, 0.4) is 0 Å². The smallest absolute Gasteiger partial charge is 0.155 e. The number of aliphatic hydroxyl groups is 2. The van der Waals surface area contributed by atoms with Crippen LogP contribution < -0.4 is 0 Å². The van der Waals surface area contributed by atoms with Gasteiger partial charge in [0.25, 0.3) is 0 Å². The lowest BCUT2D eigenvalue weighted by molar-refractivity contribution is -0.124. The van der Waals surface area contributed by atoms with E-state index >= 15 is 0 Å². The van der Waals surface area contributed by atoms with Crippen LogP contribution in [0.4, 0.5) is 0 Å². The molecule has 4 rings (SSSR count). The lowest BCUT2D eigenvalue weighted by atomic mass is 9.45. The number of aliphatic hydroxyl groups excluding tert-OH is 1. The van der Waals surface area contributed by atoms with Crippen LogP contribution in [0.15, 0.2) is 11.6 Å². The third-order valence-corrected chi connectivity index (χ3v) is 10.2. The zero-order chi connectivity index (χ0) is 21.9. The number of rotatable bonds is 5. The topological polar surface area (TPSA) is 57.5 Å². The van der Waals surface area contributed by atoms with E-state index < -0.39 is 5.60 Å². The molecule has 8 unspecified atom stereocenters. The maximum Gasteiger partial charge on any atom is 0.155 e. The Bertz CT molecular complexity index is 703. The van der Waals surface area contributed by atoms with Gasteiger partial charge in [0, 0.05) is 6.42 Å². The van der Waals surface area contributed by atoms with E-state index in [2.05, 4.69) is 20.8 Å². The second kappa shape index (κ2) is 7.73. The molecule has 4 aliphatic carbocycles. The highest BCUT2D eigenvalue weighted by Crippen LogP contribution is 2.67. The van der Waals surface area contributed by atoms with Gasteiger partial charge in [0.1, 0.15) is 0 Å². The molecule has 2 N–H and O–H groups in total. The highest BCUT2D eigenvalue weighted by atomic mass is 16.3. The number of carbonyl (C=O) groups is 1. The fourth-order valence-corrected chi connectivity index (χ4v) is 8.56. The predicted molar refractivity (Wildman–Crippen MR) is 121 cm³/mol. The van der Waals surface area contributed by atoms with E-state index in [1.165, 1.54) is 37.7 Å². The summed E-state index contributed by atoms with van der Waals surface area (Å²) in [6, 6.07) is 0. The molecule has 170 valence electrons. The van der Waals surface area contributed by atoms with E-state index in [9.17, 15) is 15.0 Å². The summed E-state index contributed by atoms with van der Waals surface area (Å²) < 4.78 is 0. The zero-order valence-corrected chi connectivity index (χ0v) is 19.9. The van der Waals surface area contributed by atoms with Crippen LogP contribution in [0, 0.1) is 40.4 Å². The van der Waals surface area contributed by atoms with Gasteiger partial charge in [0.2, 0.25) is 0 Å². The molecular weight excluding hydrogens is 372 g/mol. The number of fused-ring (bicyclic) bond motifs is 5. The van der Waals surface area contributed by atoms with Gasteiger partial charge in [-0.25, -0.2) is 0 Å². The Morgan fingerprint density at radius 1 is 1.17 bits per heavy atom. The van der Waals surface area contributed by atoms with Crippen molar-refractivity contribution in [2.75, 3.05) is 0 Å². The molecule has 0 heterocycles. The Balaban J connectivity index is 1.52. The molecule has 0 aromatic rings. The molecule has 0 amide bonds. The van der Waals surface area contributed by atoms with E-state index in [0.29, 0.717) is 41.9 Å². The van der Waals surface area contributed by atoms with Gasteiger partial charge in [0.15, 0.2) is 5.78 Å². The molecule has 3 heteroatoms. The molecule has 3 fully saturated rings. The van der Waals surface area contributed by atoms with Gasteiger partial charge in [-0.1, -0.05) is 39.2 Å². The normalized spacial score (nSPS) is 44.7. The highest BCUT2D eigenvalue weighted by Gasteiger charge is 2.61. The quantitative estimate of drug-likeness (QED) is 0.606. The SMILES string of the molecule is CC(CCCC(C)(C)O)C1CCC2C3C(O)CC4=CC(=O)CCC4(C)C3CCC12C. The Morgan fingerprint density at radius 3 is 2.60 bits per heavy atom. The van der Waals surface area contributed by atoms with Gasteiger partial charge < -0.3 is 10.2 Å². The summed E-state index contributed by atoms with van der Waals surface area (Å²) in [6.07, 6.45) is 12.1. The minimum atomic E-state index is -0.561. The van der Waals surface area contributed by atoms with Gasteiger partial charge in [-0.05, 0) is 105 Å². The van der Waals surface area contributed by atoms with Gasteiger partial charge in [0.05, 0.1) is 11.7 Å². The number of ketones is 1. The van der Waals surface area contributed by atoms with Crippen molar-refractivity contribution in [1.29, 1.82) is 0 Å². The Labute approximate surface area is 183 Å². The first-order valence-corrected chi connectivity index (χ1v) is 12.6. The summed E-state index contributed by atoms with van der Waals surface area (Å²) in [5.41, 5.74) is 1.13. The lowest BCUT2D eigenvalue weighted by Gasteiger charge is -2.60. The summed E-state index contributed by atoms with van der Waals surface area (Å²) in [7, 11) is 0. The van der Waals surface area contributed by atoms with Crippen molar-refractivity contribution in [3.8, 4) is 0 Å². The third kappa shape index (κ3) is 3.72. The Morgan fingerprint density at radius 2 is 1.90 bits per heavy atom. The fourth-order valence-electron chi connectivity index (χ4n) is 8.56. The van der Waals surface area contributed by atoms with Crippen molar-refractivity contribution < 1.29 is 15.0 Å². The second-order valence-corrected chi connectivity index (χ2v) is 12.5. The maximum absolute atomic E-state index is 12.1. The summed E-state index contributed by atoms with van der Waals surface area (Å²) in [4.78, 5) is 12.1. The van der Waals surface area contributed by atoms with Crippen molar-refractivity contribution in [3.63, 3.8) is 0 Å². The van der Waals surface area contributed by atoms with Crippen LogP contribution >= 0.6 is 0 Å². The van der Waals surface area contributed by atoms with Gasteiger partial charge in [-0.15, -0.1) is 0 Å². The second-order valence-electron chi connectivity index (χ2n) is 12.5. The van der Waals surface area contributed by atoms with Gasteiger partial charge in [-0.2, -0.15) is 0 Å². The van der Waals surface area contributed by atoms with Crippen LogP contribution in [0.25, 0.3) is 0 Å². The largest absolute Gasteiger partial charge is 0.392 e. The van der Waals surface area contributed by atoms with Crippen molar-refractivity contribution in [1.82, 2.24) is 0 Å². The molecule has 0 aromatic carbocycles. The average Bonchev–Trinajstić information content (AvgIpc) is 2.99. The molecule has 0 aliphatic heterocycles. The van der Waals surface area contributed by atoms with Crippen LogP contribution in [-0.4, -0.2) is 27.7 Å². The van der Waals surface area contributed by atoms with Crippen LogP contribution in [0.5, 0.6) is 0 Å². The molecule has 3 nitrogen and oxygen atoms in total. The minimum absolute atomic E-state index is 0.121. The summed E-state index contributed by atoms with van der Waals surface area (Å²) in [5.74, 6) is 3.21. The molecule has 30 heavy (non-hydrogen) atoms. The molecule has 0 radical (unpaired) electrons. The molecule has 0 spiro atoms. The number of hydrogen-bond donors (Lipinski definition) is 2. The molecule has 0 saturated heterocycles. The predicted octanol–water partition coefficient (Wildman–Crippen LogP) is 5.68. The number of hydrogen-bond acceptors (Lipinski definition) is 3. The van der Waals surface area contributed by atoms with Crippen LogP contribution in [0.2, 0.25) is 0 Å². The first kappa shape index (κ1) is 22.5. The average molecular weight is 417 g/mol. The Hall–Kier alpha value is -0.670. The van der Waals surface area contributed by atoms with E-state index in [1.54, 1.807) is 0 Å². The van der Waals surface area contributed by atoms with Gasteiger partial charge in [-0.3, -0.25) is 4.79 Å². The highest BCUT2D eigenvalue weighted by molar-refractivity contribution is 5.91. The third-order valence-electron chi connectivity index (χ3n) is 10.2. The first-order valence-electron chi connectivity index (χ1n) is 12.6. The summed E-state index contributed by atoms with van der Waals surface area (Å²) in [6.45, 7) is 11.2. The van der Waals surface area contributed by atoms with Crippen molar-refractivity contribution in [2.24, 2.45) is 40.4 Å². The molecule has 4 aliphatic rings. The molecule has 3 saturated carbocycles. The molecule has 8 atom stereocenters. The van der Waals surface area contributed by atoms with Crippen molar-refractivity contribution in [2.45, 2.75) is 111 Å². The maximum atomic E-state index is 12.1. The Kier molecular flexibility index (Phi) is 5.80. The monoisotopic (exact) mass is 416 g/mol. The zero-order valence-electron chi connectivity index (χ0n) is 19.9. The summed E-state index contributed by atoms with van der Waals surface area (Å²) in [5, 5.41) is 21.4. The number of carbonyl (C=O) groups excluding carboxylic acids is 1. The van der Waals surface area contributed by atoms with Gasteiger partial charge >= 0.3 is 0 Å². The minimum Gasteiger partial charge on any atom is -0.392 e.